The van der Waals surface area contributed by atoms with E-state index in [1.807, 2.05) is 20.8 Å². The van der Waals surface area contributed by atoms with Gasteiger partial charge >= 0.3 is 0 Å². The van der Waals surface area contributed by atoms with Gasteiger partial charge in [-0.2, -0.15) is 0 Å². The first-order valence-electron chi connectivity index (χ1n) is 12.7. The second kappa shape index (κ2) is 12.5. The topological polar surface area (TPSA) is 111 Å². The van der Waals surface area contributed by atoms with Gasteiger partial charge in [-0.05, 0) is 53.6 Å². The van der Waals surface area contributed by atoms with Gasteiger partial charge in [-0.3, -0.25) is 4.79 Å². The molecule has 2 aromatic rings. The molecule has 5 N–H and O–H groups in total. The Morgan fingerprint density at radius 2 is 1.85 bits per heavy atom. The Balaban J connectivity index is 2.28. The predicted octanol–water partition coefficient (Wildman–Crippen LogP) is 4.17. The molecular formula is C28H35Cl2F2N3O4. The van der Waals surface area contributed by atoms with Crippen molar-refractivity contribution >= 4 is 41.1 Å². The number of hydrogen-bond acceptors (Lipinski definition) is 6. The van der Waals surface area contributed by atoms with Crippen LogP contribution in [0.5, 0.6) is 0 Å². The maximum atomic E-state index is 15.0. The average molecular weight is 587 g/mol. The van der Waals surface area contributed by atoms with E-state index in [0.717, 1.165) is 12.4 Å². The number of carbonyl (C=O) groups excluding carboxylic acids is 2. The number of carbonyl (C=O) groups is 2. The molecule has 3 rings (SSSR count). The summed E-state index contributed by atoms with van der Waals surface area (Å²) in [5, 5.41) is 27.6. The molecule has 2 aromatic carbocycles. The maximum absolute atomic E-state index is 15.0. The lowest BCUT2D eigenvalue weighted by Gasteiger charge is -2.39. The highest BCUT2D eigenvalue weighted by atomic mass is 35.5. The van der Waals surface area contributed by atoms with E-state index in [1.165, 1.54) is 24.3 Å². The van der Waals surface area contributed by atoms with Crippen molar-refractivity contribution in [1.29, 1.82) is 0 Å². The summed E-state index contributed by atoms with van der Waals surface area (Å²) in [6, 6.07) is 4.93. The lowest BCUT2D eigenvalue weighted by atomic mass is 9.62. The summed E-state index contributed by atoms with van der Waals surface area (Å²) in [4.78, 5) is 27.0. The molecule has 1 fully saturated rings. The lowest BCUT2D eigenvalue weighted by Crippen LogP contribution is -2.47. The molecule has 214 valence electrons. The fourth-order valence-electron chi connectivity index (χ4n) is 5.43. The molecule has 0 aromatic heterocycles. The van der Waals surface area contributed by atoms with Crippen molar-refractivity contribution in [2.45, 2.75) is 63.1 Å². The molecule has 1 saturated heterocycles. The Bertz CT molecular complexity index is 1210. The summed E-state index contributed by atoms with van der Waals surface area (Å²) in [5.74, 6) is -2.81. The molecule has 5 atom stereocenters. The molecule has 1 heterocycles. The highest BCUT2D eigenvalue weighted by Crippen LogP contribution is 2.52. The number of benzene rings is 2. The largest absolute Gasteiger partial charge is 0.394 e. The van der Waals surface area contributed by atoms with Gasteiger partial charge in [0.1, 0.15) is 17.9 Å². The number of amides is 1. The molecule has 11 heteroatoms. The smallest absolute Gasteiger partial charge is 0.237 e. The van der Waals surface area contributed by atoms with Crippen LogP contribution in [0, 0.1) is 17.0 Å². The quantitative estimate of drug-likeness (QED) is 0.268. The van der Waals surface area contributed by atoms with E-state index in [4.69, 9.17) is 28.3 Å². The summed E-state index contributed by atoms with van der Waals surface area (Å²) in [6.07, 6.45) is 0.243. The Hall–Kier alpha value is -2.30. The van der Waals surface area contributed by atoms with Crippen LogP contribution in [0.1, 0.15) is 50.7 Å². The minimum Gasteiger partial charge on any atom is -0.394 e. The van der Waals surface area contributed by atoms with Crippen LogP contribution in [0.4, 0.5) is 14.5 Å². The van der Waals surface area contributed by atoms with Crippen molar-refractivity contribution in [2.75, 3.05) is 25.5 Å². The van der Waals surface area contributed by atoms with Crippen molar-refractivity contribution in [3.05, 3.63) is 63.1 Å². The molecule has 0 bridgehead atoms. The van der Waals surface area contributed by atoms with Gasteiger partial charge < -0.3 is 31.0 Å². The molecule has 0 saturated carbocycles. The predicted molar refractivity (Wildman–Crippen MR) is 148 cm³/mol. The molecule has 1 amide bonds. The first-order valence-corrected chi connectivity index (χ1v) is 13.5. The molecule has 0 radical (unpaired) electrons. The summed E-state index contributed by atoms with van der Waals surface area (Å²) in [5.41, 5.74) is -0.728. The van der Waals surface area contributed by atoms with Crippen LogP contribution in [0.25, 0.3) is 0 Å². The minimum absolute atomic E-state index is 0.0605. The Morgan fingerprint density at radius 3 is 2.41 bits per heavy atom. The van der Waals surface area contributed by atoms with Crippen LogP contribution < -0.4 is 16.0 Å². The zero-order chi connectivity index (χ0) is 29.1. The first-order chi connectivity index (χ1) is 18.3. The molecule has 39 heavy (non-hydrogen) atoms. The maximum Gasteiger partial charge on any atom is 0.237 e. The Morgan fingerprint density at radius 1 is 1.18 bits per heavy atom. The lowest BCUT2D eigenvalue weighted by molar-refractivity contribution is -0.123. The van der Waals surface area contributed by atoms with Crippen molar-refractivity contribution in [2.24, 2.45) is 5.41 Å². The molecule has 5 unspecified atom stereocenters. The number of nitrogens with one attached hydrogen (secondary N) is 3. The van der Waals surface area contributed by atoms with E-state index < -0.39 is 53.7 Å². The van der Waals surface area contributed by atoms with Crippen molar-refractivity contribution in [3.8, 4) is 0 Å². The van der Waals surface area contributed by atoms with Crippen LogP contribution in [0.2, 0.25) is 10.0 Å². The van der Waals surface area contributed by atoms with Crippen LogP contribution in [-0.4, -0.2) is 60.8 Å². The number of aliphatic hydroxyl groups excluding tert-OH is 2. The molecule has 7 nitrogen and oxygen atoms in total. The summed E-state index contributed by atoms with van der Waals surface area (Å²) < 4.78 is 29.2. The summed E-state index contributed by atoms with van der Waals surface area (Å²) in [6.45, 7) is 5.56. The monoisotopic (exact) mass is 585 g/mol. The third-order valence-electron chi connectivity index (χ3n) is 7.19. The standard InChI is InChI=1S/C28H35Cl2F2N3O4/c1-27(2,3)12-23-28(14-37,17-10-21(32)19(30)11-22(17)33-4)24(15-5-6-20(31)18(29)9-15)25(35-23)26(39)34-8-7-16(38)13-36/h5-6,9-11,14,16,23-25,33,35-36,38H,7-8,12-13H2,1-4H3,(H,34,39). The van der Waals surface area contributed by atoms with E-state index in [0.29, 0.717) is 23.2 Å². The number of aliphatic hydroxyl groups is 2. The van der Waals surface area contributed by atoms with Gasteiger partial charge in [0.15, 0.2) is 0 Å². The highest BCUT2D eigenvalue weighted by Gasteiger charge is 2.60. The number of aldehydes is 1. The number of anilines is 1. The highest BCUT2D eigenvalue weighted by molar-refractivity contribution is 6.31. The van der Waals surface area contributed by atoms with Gasteiger partial charge in [0, 0.05) is 31.2 Å². The van der Waals surface area contributed by atoms with Gasteiger partial charge in [0.25, 0.3) is 0 Å². The fraction of sp³-hybridized carbons (Fsp3) is 0.500. The zero-order valence-corrected chi connectivity index (χ0v) is 23.8. The summed E-state index contributed by atoms with van der Waals surface area (Å²) in [7, 11) is 1.62. The van der Waals surface area contributed by atoms with Crippen molar-refractivity contribution in [1.82, 2.24) is 10.6 Å². The first kappa shape index (κ1) is 31.2. The van der Waals surface area contributed by atoms with Crippen molar-refractivity contribution < 1.29 is 28.6 Å². The SMILES string of the molecule is CNc1cc(Cl)c(F)cc1C1(C=O)C(CC(C)(C)C)NC(C(=O)NCCC(O)CO)C1c1ccc(F)c(Cl)c1. The Labute approximate surface area is 237 Å². The van der Waals surface area contributed by atoms with E-state index in [9.17, 15) is 19.1 Å². The molecule has 0 spiro atoms. The second-order valence-corrected chi connectivity index (χ2v) is 12.0. The summed E-state index contributed by atoms with van der Waals surface area (Å²) >= 11 is 12.2. The van der Waals surface area contributed by atoms with Gasteiger partial charge in [-0.15, -0.1) is 0 Å². The van der Waals surface area contributed by atoms with Gasteiger partial charge in [0.2, 0.25) is 5.91 Å². The van der Waals surface area contributed by atoms with Crippen molar-refractivity contribution in [3.63, 3.8) is 0 Å². The van der Waals surface area contributed by atoms with E-state index in [2.05, 4.69) is 16.0 Å². The third-order valence-corrected chi connectivity index (χ3v) is 7.77. The van der Waals surface area contributed by atoms with Crippen LogP contribution in [-0.2, 0) is 15.0 Å². The average Bonchev–Trinajstić information content (AvgIpc) is 3.19. The number of halogens is 4. The number of hydrogen-bond donors (Lipinski definition) is 5. The molecule has 1 aliphatic heterocycles. The van der Waals surface area contributed by atoms with E-state index in [-0.39, 0.29) is 28.4 Å². The molecule has 1 aliphatic rings. The van der Waals surface area contributed by atoms with Gasteiger partial charge in [0.05, 0.1) is 34.2 Å². The fourth-order valence-corrected chi connectivity index (χ4v) is 5.79. The van der Waals surface area contributed by atoms with Gasteiger partial charge in [-0.1, -0.05) is 50.0 Å². The van der Waals surface area contributed by atoms with E-state index in [1.54, 1.807) is 7.05 Å². The third kappa shape index (κ3) is 6.55. The normalized spacial score (nSPS) is 23.9. The zero-order valence-electron chi connectivity index (χ0n) is 22.3. The minimum atomic E-state index is -1.51. The van der Waals surface area contributed by atoms with Crippen LogP contribution in [0.15, 0.2) is 30.3 Å². The van der Waals surface area contributed by atoms with Crippen LogP contribution >= 0.6 is 23.2 Å². The molecule has 0 aliphatic carbocycles. The van der Waals surface area contributed by atoms with E-state index >= 15 is 4.39 Å². The molecular weight excluding hydrogens is 551 g/mol. The Kier molecular flexibility index (Phi) is 9.99. The second-order valence-electron chi connectivity index (χ2n) is 11.1. The van der Waals surface area contributed by atoms with Crippen LogP contribution in [0.3, 0.4) is 0 Å². The van der Waals surface area contributed by atoms with Gasteiger partial charge in [-0.25, -0.2) is 8.78 Å². The number of rotatable bonds is 10.